The first kappa shape index (κ1) is 12.9. The summed E-state index contributed by atoms with van der Waals surface area (Å²) in [7, 11) is 0. The second-order valence-corrected chi connectivity index (χ2v) is 5.03. The zero-order valence-electron chi connectivity index (χ0n) is 10.8. The van der Waals surface area contributed by atoms with Crippen LogP contribution in [0.4, 0.5) is 5.69 Å². The lowest BCUT2D eigenvalue weighted by Gasteiger charge is -2.34. The molecular weight excluding hydrogens is 226 g/mol. The van der Waals surface area contributed by atoms with Crippen LogP contribution in [0.5, 0.6) is 0 Å². The number of rotatable bonds is 6. The fourth-order valence-corrected chi connectivity index (χ4v) is 2.35. The molecule has 1 amide bonds. The maximum absolute atomic E-state index is 11.7. The lowest BCUT2D eigenvalue weighted by Crippen LogP contribution is -2.60. The number of likely N-dealkylation sites (N-methyl/N-ethyl adjacent to an activating group) is 1. The lowest BCUT2D eigenvalue weighted by atomic mass is 9.92. The Morgan fingerprint density at radius 1 is 1.39 bits per heavy atom. The summed E-state index contributed by atoms with van der Waals surface area (Å²) in [5.74, 6) is -0.146. The maximum atomic E-state index is 11.7. The molecule has 98 valence electrons. The number of hydrogen-bond donors (Lipinski definition) is 2. The molecule has 0 bridgehead atoms. The van der Waals surface area contributed by atoms with Gasteiger partial charge in [-0.1, -0.05) is 18.2 Å². The minimum atomic E-state index is -0.897. The molecule has 0 spiro atoms. The normalized spacial score (nSPS) is 18.1. The van der Waals surface area contributed by atoms with Gasteiger partial charge in [-0.05, 0) is 37.8 Å². The van der Waals surface area contributed by atoms with Gasteiger partial charge in [0.15, 0.2) is 0 Å². The van der Waals surface area contributed by atoms with Crippen molar-refractivity contribution in [2.75, 3.05) is 18.0 Å². The molecule has 1 aromatic carbocycles. The number of nitrogens with zero attached hydrogens (tertiary/aromatic N) is 1. The molecule has 1 unspecified atom stereocenters. The molecule has 1 aliphatic rings. The molecule has 0 heterocycles. The average Bonchev–Trinajstić information content (AvgIpc) is 3.21. The van der Waals surface area contributed by atoms with Crippen molar-refractivity contribution in [1.82, 2.24) is 0 Å². The predicted molar refractivity (Wildman–Crippen MR) is 73.2 cm³/mol. The highest BCUT2D eigenvalue weighted by molar-refractivity contribution is 5.86. The van der Waals surface area contributed by atoms with Gasteiger partial charge < -0.3 is 16.4 Å². The van der Waals surface area contributed by atoms with E-state index >= 15 is 0 Å². The van der Waals surface area contributed by atoms with Crippen LogP contribution in [0.1, 0.15) is 19.8 Å². The van der Waals surface area contributed by atoms with Crippen LogP contribution in [-0.4, -0.2) is 24.5 Å². The molecule has 4 heteroatoms. The van der Waals surface area contributed by atoms with Gasteiger partial charge in [0, 0.05) is 18.8 Å². The lowest BCUT2D eigenvalue weighted by molar-refractivity contribution is -0.123. The fourth-order valence-electron chi connectivity index (χ4n) is 2.35. The van der Waals surface area contributed by atoms with Crippen molar-refractivity contribution in [3.05, 3.63) is 30.3 Å². The number of carbonyl (C=O) groups is 1. The summed E-state index contributed by atoms with van der Waals surface area (Å²) in [4.78, 5) is 13.8. The van der Waals surface area contributed by atoms with Crippen LogP contribution < -0.4 is 16.4 Å². The topological polar surface area (TPSA) is 72.3 Å². The maximum Gasteiger partial charge on any atom is 0.239 e. The summed E-state index contributed by atoms with van der Waals surface area (Å²) < 4.78 is 0. The molecule has 18 heavy (non-hydrogen) atoms. The number of para-hydroxylation sites is 1. The number of benzene rings is 1. The first-order valence-electron chi connectivity index (χ1n) is 6.46. The van der Waals surface area contributed by atoms with Crippen LogP contribution in [0.25, 0.3) is 0 Å². The fraction of sp³-hybridized carbons (Fsp3) is 0.500. The van der Waals surface area contributed by atoms with Crippen molar-refractivity contribution in [1.29, 1.82) is 0 Å². The van der Waals surface area contributed by atoms with E-state index in [2.05, 4.69) is 11.8 Å². The van der Waals surface area contributed by atoms with Crippen LogP contribution in [0.3, 0.4) is 0 Å². The number of anilines is 1. The molecule has 1 aromatic rings. The molecule has 2 rings (SSSR count). The van der Waals surface area contributed by atoms with Crippen molar-refractivity contribution < 1.29 is 4.79 Å². The molecular formula is C14H21N3O. The van der Waals surface area contributed by atoms with Gasteiger partial charge in [0.05, 0.1) is 0 Å². The molecule has 1 fully saturated rings. The summed E-state index contributed by atoms with van der Waals surface area (Å²) in [5, 5.41) is 0. The summed E-state index contributed by atoms with van der Waals surface area (Å²) in [5.41, 5.74) is 11.9. The standard InChI is InChI=1S/C14H21N3O/c1-2-17(12-6-4-3-5-7-12)10-14(16,13(15)18)11-8-9-11/h3-7,11H,2,8-10,16H2,1H3,(H2,15,18). The molecule has 0 radical (unpaired) electrons. The van der Waals surface area contributed by atoms with Crippen LogP contribution in [0, 0.1) is 5.92 Å². The zero-order chi connectivity index (χ0) is 13.2. The van der Waals surface area contributed by atoms with Crippen LogP contribution in [-0.2, 0) is 4.79 Å². The Hall–Kier alpha value is -1.55. The Morgan fingerprint density at radius 2 is 2.00 bits per heavy atom. The quantitative estimate of drug-likeness (QED) is 0.791. The Kier molecular flexibility index (Phi) is 3.57. The number of nitrogens with two attached hydrogens (primary N) is 2. The smallest absolute Gasteiger partial charge is 0.239 e. The van der Waals surface area contributed by atoms with Gasteiger partial charge in [0.1, 0.15) is 5.54 Å². The van der Waals surface area contributed by atoms with E-state index in [4.69, 9.17) is 11.5 Å². The van der Waals surface area contributed by atoms with Crippen LogP contribution in [0.2, 0.25) is 0 Å². The molecule has 1 aliphatic carbocycles. The number of carbonyl (C=O) groups excluding carboxylic acids is 1. The monoisotopic (exact) mass is 247 g/mol. The van der Waals surface area contributed by atoms with E-state index in [0.717, 1.165) is 25.1 Å². The summed E-state index contributed by atoms with van der Waals surface area (Å²) in [6, 6.07) is 9.99. The highest BCUT2D eigenvalue weighted by atomic mass is 16.1. The Balaban J connectivity index is 2.17. The number of hydrogen-bond acceptors (Lipinski definition) is 3. The van der Waals surface area contributed by atoms with Crippen molar-refractivity contribution in [3.8, 4) is 0 Å². The summed E-state index contributed by atoms with van der Waals surface area (Å²) >= 11 is 0. The Morgan fingerprint density at radius 3 is 2.44 bits per heavy atom. The number of amides is 1. The van der Waals surface area contributed by atoms with Gasteiger partial charge in [0.2, 0.25) is 5.91 Å². The SMILES string of the molecule is CCN(CC(N)(C(N)=O)C1CC1)c1ccccc1. The van der Waals surface area contributed by atoms with E-state index < -0.39 is 5.54 Å². The molecule has 1 saturated carbocycles. The third-order valence-electron chi connectivity index (χ3n) is 3.72. The van der Waals surface area contributed by atoms with Gasteiger partial charge in [0.25, 0.3) is 0 Å². The molecule has 0 aliphatic heterocycles. The van der Waals surface area contributed by atoms with E-state index in [1.165, 1.54) is 0 Å². The average molecular weight is 247 g/mol. The molecule has 4 nitrogen and oxygen atoms in total. The van der Waals surface area contributed by atoms with Gasteiger partial charge in [-0.25, -0.2) is 0 Å². The van der Waals surface area contributed by atoms with Crippen LogP contribution >= 0.6 is 0 Å². The van der Waals surface area contributed by atoms with Crippen molar-refractivity contribution in [3.63, 3.8) is 0 Å². The van der Waals surface area contributed by atoms with E-state index in [1.807, 2.05) is 30.3 Å². The largest absolute Gasteiger partial charge is 0.369 e. The second-order valence-electron chi connectivity index (χ2n) is 5.03. The summed E-state index contributed by atoms with van der Waals surface area (Å²) in [6.45, 7) is 3.36. The van der Waals surface area contributed by atoms with Gasteiger partial charge in [-0.15, -0.1) is 0 Å². The van der Waals surface area contributed by atoms with Crippen molar-refractivity contribution in [2.24, 2.45) is 17.4 Å². The minimum Gasteiger partial charge on any atom is -0.369 e. The van der Waals surface area contributed by atoms with E-state index in [9.17, 15) is 4.79 Å². The second kappa shape index (κ2) is 4.98. The van der Waals surface area contributed by atoms with E-state index in [1.54, 1.807) is 0 Å². The third kappa shape index (κ3) is 2.48. The molecule has 1 atom stereocenters. The molecule has 4 N–H and O–H groups in total. The highest BCUT2D eigenvalue weighted by Gasteiger charge is 2.47. The van der Waals surface area contributed by atoms with Crippen molar-refractivity contribution in [2.45, 2.75) is 25.3 Å². The van der Waals surface area contributed by atoms with Crippen molar-refractivity contribution >= 4 is 11.6 Å². The molecule has 0 saturated heterocycles. The van der Waals surface area contributed by atoms with E-state index in [-0.39, 0.29) is 11.8 Å². The minimum absolute atomic E-state index is 0.243. The predicted octanol–water partition coefficient (Wildman–Crippen LogP) is 1.11. The first-order valence-corrected chi connectivity index (χ1v) is 6.46. The Bertz CT molecular complexity index is 416. The zero-order valence-corrected chi connectivity index (χ0v) is 10.8. The summed E-state index contributed by atoms with van der Waals surface area (Å²) in [6.07, 6.45) is 2.01. The number of primary amides is 1. The van der Waals surface area contributed by atoms with Crippen LogP contribution in [0.15, 0.2) is 30.3 Å². The Labute approximate surface area is 108 Å². The first-order chi connectivity index (χ1) is 8.58. The third-order valence-corrected chi connectivity index (χ3v) is 3.72. The van der Waals surface area contributed by atoms with Gasteiger partial charge in [-0.3, -0.25) is 4.79 Å². The highest BCUT2D eigenvalue weighted by Crippen LogP contribution is 2.39. The van der Waals surface area contributed by atoms with E-state index in [0.29, 0.717) is 6.54 Å². The molecule has 0 aromatic heterocycles. The van der Waals surface area contributed by atoms with Gasteiger partial charge >= 0.3 is 0 Å². The van der Waals surface area contributed by atoms with Gasteiger partial charge in [-0.2, -0.15) is 0 Å².